The fourth-order valence-electron chi connectivity index (χ4n) is 1.52. The van der Waals surface area contributed by atoms with Crippen molar-refractivity contribution in [1.29, 1.82) is 0 Å². The molecule has 1 aliphatic heterocycles. The summed E-state index contributed by atoms with van der Waals surface area (Å²) >= 11 is 11.9. The van der Waals surface area contributed by atoms with Gasteiger partial charge in [0.25, 0.3) is 0 Å². The predicted octanol–water partition coefficient (Wildman–Crippen LogP) is 3.41. The van der Waals surface area contributed by atoms with Crippen LogP contribution in [0.1, 0.15) is 18.1 Å². The van der Waals surface area contributed by atoms with Crippen LogP contribution >= 0.6 is 23.2 Å². The largest absolute Gasteiger partial charge is 0.372 e. The average Bonchev–Trinajstić information content (AvgIpc) is 2.53. The van der Waals surface area contributed by atoms with E-state index in [9.17, 15) is 0 Å². The highest BCUT2D eigenvalue weighted by Gasteiger charge is 2.27. The van der Waals surface area contributed by atoms with Crippen LogP contribution in [0.2, 0.25) is 5.02 Å². The van der Waals surface area contributed by atoms with Gasteiger partial charge >= 0.3 is 0 Å². The van der Waals surface area contributed by atoms with E-state index in [1.807, 2.05) is 24.3 Å². The summed E-state index contributed by atoms with van der Waals surface area (Å²) in [5, 5.41) is 0.842. The van der Waals surface area contributed by atoms with Crippen molar-refractivity contribution < 1.29 is 4.74 Å². The van der Waals surface area contributed by atoms with Gasteiger partial charge in [0.1, 0.15) is 0 Å². The lowest BCUT2D eigenvalue weighted by Crippen LogP contribution is -2.05. The molecule has 2 atom stereocenters. The van der Waals surface area contributed by atoms with E-state index in [4.69, 9.17) is 27.9 Å². The molecule has 1 heterocycles. The minimum absolute atomic E-state index is 0.0407. The van der Waals surface area contributed by atoms with Gasteiger partial charge in [0.05, 0.1) is 11.5 Å². The van der Waals surface area contributed by atoms with Crippen LogP contribution < -0.4 is 0 Å². The van der Waals surface area contributed by atoms with E-state index in [0.29, 0.717) is 0 Å². The molecule has 2 rings (SSSR count). The quantitative estimate of drug-likeness (QED) is 0.655. The van der Waals surface area contributed by atoms with Crippen molar-refractivity contribution in [3.05, 3.63) is 34.9 Å². The third kappa shape index (κ3) is 1.98. The van der Waals surface area contributed by atoms with E-state index >= 15 is 0 Å². The summed E-state index contributed by atoms with van der Waals surface area (Å²) in [5.74, 6) is 0. The Labute approximate surface area is 87.6 Å². The van der Waals surface area contributed by atoms with Crippen molar-refractivity contribution in [3.63, 3.8) is 0 Å². The van der Waals surface area contributed by atoms with Crippen molar-refractivity contribution in [2.45, 2.75) is 17.9 Å². The molecule has 3 heteroatoms. The molecule has 1 aromatic carbocycles. The first-order chi connectivity index (χ1) is 6.27. The number of benzene rings is 1. The first kappa shape index (κ1) is 9.32. The standard InChI is InChI=1S/C10H10Cl2O/c11-8-3-1-7(2-4-8)10-9(12)5-6-13-10/h1-4,9-10H,5-6H2/t9-,10+/m0/s1. The number of hydrogen-bond acceptors (Lipinski definition) is 1. The first-order valence-corrected chi connectivity index (χ1v) is 5.10. The van der Waals surface area contributed by atoms with Crippen LogP contribution in [0.15, 0.2) is 24.3 Å². The van der Waals surface area contributed by atoms with Crippen LogP contribution in [0.3, 0.4) is 0 Å². The van der Waals surface area contributed by atoms with Gasteiger partial charge in [-0.2, -0.15) is 0 Å². The minimum atomic E-state index is 0.0407. The molecule has 1 aliphatic rings. The maximum absolute atomic E-state index is 6.09. The summed E-state index contributed by atoms with van der Waals surface area (Å²) in [4.78, 5) is 0. The number of ether oxygens (including phenoxy) is 1. The molecule has 0 unspecified atom stereocenters. The van der Waals surface area contributed by atoms with Crippen LogP contribution in [0.5, 0.6) is 0 Å². The Morgan fingerprint density at radius 1 is 1.23 bits per heavy atom. The maximum atomic E-state index is 6.09. The summed E-state index contributed by atoms with van der Waals surface area (Å²) in [5.41, 5.74) is 1.11. The summed E-state index contributed by atoms with van der Waals surface area (Å²) in [6, 6.07) is 7.66. The highest BCUT2D eigenvalue weighted by atomic mass is 35.5. The van der Waals surface area contributed by atoms with E-state index in [1.165, 1.54) is 0 Å². The SMILES string of the molecule is Clc1ccc([C@H]2OCC[C@@H]2Cl)cc1. The summed E-state index contributed by atoms with van der Waals surface area (Å²) in [7, 11) is 0. The second kappa shape index (κ2) is 3.87. The monoisotopic (exact) mass is 216 g/mol. The molecule has 1 saturated heterocycles. The highest BCUT2D eigenvalue weighted by molar-refractivity contribution is 6.30. The molecule has 1 nitrogen and oxygen atoms in total. The number of rotatable bonds is 1. The predicted molar refractivity (Wildman–Crippen MR) is 54.4 cm³/mol. The molecule has 70 valence electrons. The molecule has 0 spiro atoms. The van der Waals surface area contributed by atoms with Gasteiger partial charge in [-0.25, -0.2) is 0 Å². The van der Waals surface area contributed by atoms with Crippen LogP contribution in [0, 0.1) is 0 Å². The maximum Gasteiger partial charge on any atom is 0.0989 e. The van der Waals surface area contributed by atoms with Crippen molar-refractivity contribution in [3.8, 4) is 0 Å². The van der Waals surface area contributed by atoms with E-state index < -0.39 is 0 Å². The van der Waals surface area contributed by atoms with Gasteiger partial charge in [-0.1, -0.05) is 23.7 Å². The van der Waals surface area contributed by atoms with Crippen LogP contribution in [-0.2, 0) is 4.74 Å². The fraction of sp³-hybridized carbons (Fsp3) is 0.400. The summed E-state index contributed by atoms with van der Waals surface area (Å²) in [6.45, 7) is 0.751. The Hall–Kier alpha value is -0.240. The van der Waals surface area contributed by atoms with Crippen molar-refractivity contribution in [1.82, 2.24) is 0 Å². The topological polar surface area (TPSA) is 9.23 Å². The van der Waals surface area contributed by atoms with Gasteiger partial charge in [-0.15, -0.1) is 11.6 Å². The Balaban J connectivity index is 2.20. The molecule has 1 aromatic rings. The zero-order chi connectivity index (χ0) is 9.26. The highest BCUT2D eigenvalue weighted by Crippen LogP contribution is 2.33. The summed E-state index contributed by atoms with van der Waals surface area (Å²) in [6.07, 6.45) is 0.966. The van der Waals surface area contributed by atoms with E-state index in [-0.39, 0.29) is 11.5 Å². The fourth-order valence-corrected chi connectivity index (χ4v) is 1.95. The van der Waals surface area contributed by atoms with Crippen LogP contribution in [0.4, 0.5) is 0 Å². The first-order valence-electron chi connectivity index (χ1n) is 4.28. The zero-order valence-electron chi connectivity index (χ0n) is 7.04. The van der Waals surface area contributed by atoms with Crippen LogP contribution in [-0.4, -0.2) is 12.0 Å². The second-order valence-electron chi connectivity index (χ2n) is 3.15. The molecule has 0 aromatic heterocycles. The van der Waals surface area contributed by atoms with E-state index in [1.54, 1.807) is 0 Å². The normalized spacial score (nSPS) is 27.8. The van der Waals surface area contributed by atoms with Gasteiger partial charge in [0, 0.05) is 11.6 Å². The Morgan fingerprint density at radius 2 is 1.92 bits per heavy atom. The molecule has 1 fully saturated rings. The molecule has 0 N–H and O–H groups in total. The molecule has 0 saturated carbocycles. The number of halogens is 2. The Morgan fingerprint density at radius 3 is 2.46 bits per heavy atom. The van der Waals surface area contributed by atoms with Gasteiger partial charge in [-0.05, 0) is 24.1 Å². The van der Waals surface area contributed by atoms with E-state index in [2.05, 4.69) is 0 Å². The van der Waals surface area contributed by atoms with Crippen LogP contribution in [0.25, 0.3) is 0 Å². The lowest BCUT2D eigenvalue weighted by molar-refractivity contribution is 0.113. The third-order valence-electron chi connectivity index (χ3n) is 2.22. The molecule has 13 heavy (non-hydrogen) atoms. The lowest BCUT2D eigenvalue weighted by Gasteiger charge is -2.12. The third-order valence-corrected chi connectivity index (χ3v) is 2.92. The zero-order valence-corrected chi connectivity index (χ0v) is 8.55. The molecular formula is C10H10Cl2O. The minimum Gasteiger partial charge on any atom is -0.372 e. The van der Waals surface area contributed by atoms with Crippen molar-refractivity contribution >= 4 is 23.2 Å². The smallest absolute Gasteiger partial charge is 0.0989 e. The second-order valence-corrected chi connectivity index (χ2v) is 4.14. The lowest BCUT2D eigenvalue weighted by atomic mass is 10.1. The molecule has 0 amide bonds. The number of hydrogen-bond donors (Lipinski definition) is 0. The summed E-state index contributed by atoms with van der Waals surface area (Å²) < 4.78 is 5.52. The van der Waals surface area contributed by atoms with Crippen molar-refractivity contribution in [2.75, 3.05) is 6.61 Å². The molecule has 0 radical (unpaired) electrons. The van der Waals surface area contributed by atoms with Gasteiger partial charge in [0.15, 0.2) is 0 Å². The van der Waals surface area contributed by atoms with Gasteiger partial charge in [0.2, 0.25) is 0 Å². The van der Waals surface area contributed by atoms with Gasteiger partial charge < -0.3 is 4.74 Å². The molecule has 0 aliphatic carbocycles. The van der Waals surface area contributed by atoms with Crippen molar-refractivity contribution in [2.24, 2.45) is 0 Å². The number of alkyl halides is 1. The Bertz CT molecular complexity index is 283. The average molecular weight is 217 g/mol. The van der Waals surface area contributed by atoms with E-state index in [0.717, 1.165) is 23.6 Å². The molecular weight excluding hydrogens is 207 g/mol. The molecule has 0 bridgehead atoms. The van der Waals surface area contributed by atoms with Gasteiger partial charge in [-0.3, -0.25) is 0 Å². The Kier molecular flexibility index (Phi) is 2.77.